The van der Waals surface area contributed by atoms with E-state index in [1.54, 1.807) is 6.07 Å². The molecular formula is C17H19N3O5. The fraction of sp³-hybridized carbons (Fsp3) is 0.294. The van der Waals surface area contributed by atoms with Crippen LogP contribution in [-0.4, -0.2) is 29.1 Å². The normalized spacial score (nSPS) is 10.6. The monoisotopic (exact) mass is 345 g/mol. The Morgan fingerprint density at radius 2 is 2.12 bits per heavy atom. The topological polar surface area (TPSA) is 104 Å². The molecule has 25 heavy (non-hydrogen) atoms. The Hall–Kier alpha value is -3.00. The minimum atomic E-state index is -0.685. The fourth-order valence-electron chi connectivity index (χ4n) is 2.06. The summed E-state index contributed by atoms with van der Waals surface area (Å²) in [6.45, 7) is 4.32. The van der Waals surface area contributed by atoms with Crippen molar-refractivity contribution in [2.24, 2.45) is 0 Å². The van der Waals surface area contributed by atoms with Crippen molar-refractivity contribution in [3.63, 3.8) is 0 Å². The number of ether oxygens (including phenoxy) is 2. The number of nitrogens with one attached hydrogen (secondary N) is 1. The summed E-state index contributed by atoms with van der Waals surface area (Å²) in [7, 11) is 1.20. The number of pyridine rings is 1. The molecular weight excluding hydrogens is 326 g/mol. The van der Waals surface area contributed by atoms with Crippen LogP contribution in [0, 0.1) is 10.1 Å². The van der Waals surface area contributed by atoms with Crippen LogP contribution in [-0.2, 0) is 16.1 Å². The lowest BCUT2D eigenvalue weighted by molar-refractivity contribution is -0.384. The number of nitrogens with zero attached hydrogens (tertiary/aromatic N) is 2. The molecule has 0 fully saturated rings. The van der Waals surface area contributed by atoms with Crippen LogP contribution in [0.15, 0.2) is 36.5 Å². The molecule has 0 aliphatic carbocycles. The van der Waals surface area contributed by atoms with Gasteiger partial charge in [0, 0.05) is 18.0 Å². The van der Waals surface area contributed by atoms with E-state index in [2.05, 4.69) is 15.0 Å². The van der Waals surface area contributed by atoms with Gasteiger partial charge in [-0.2, -0.15) is 0 Å². The van der Waals surface area contributed by atoms with Crippen LogP contribution in [0.3, 0.4) is 0 Å². The maximum absolute atomic E-state index is 11.5. The van der Waals surface area contributed by atoms with Crippen molar-refractivity contribution in [2.45, 2.75) is 26.6 Å². The van der Waals surface area contributed by atoms with Gasteiger partial charge in [0.05, 0.1) is 30.3 Å². The van der Waals surface area contributed by atoms with Gasteiger partial charge in [-0.05, 0) is 31.5 Å². The minimum Gasteiger partial charge on any atom is -0.465 e. The first-order valence-corrected chi connectivity index (χ1v) is 7.61. The highest BCUT2D eigenvalue weighted by Gasteiger charge is 2.19. The third-order valence-electron chi connectivity index (χ3n) is 3.26. The van der Waals surface area contributed by atoms with Crippen LogP contribution < -0.4 is 5.32 Å². The predicted molar refractivity (Wildman–Crippen MR) is 91.9 cm³/mol. The first-order chi connectivity index (χ1) is 11.9. The molecule has 0 unspecified atom stereocenters. The number of rotatable bonds is 7. The molecule has 0 aliphatic rings. The highest BCUT2D eigenvalue weighted by molar-refractivity contribution is 5.90. The SMILES string of the molecule is COC(=O)c1cnc(Nc2cccc(COC(C)C)c2)c([N+](=O)[O-])c1. The first-order valence-electron chi connectivity index (χ1n) is 7.61. The zero-order chi connectivity index (χ0) is 18.4. The molecule has 0 saturated carbocycles. The van der Waals surface area contributed by atoms with Crippen molar-refractivity contribution in [2.75, 3.05) is 12.4 Å². The Bertz CT molecular complexity index is 777. The average Bonchev–Trinajstić information content (AvgIpc) is 2.59. The number of hydrogen-bond donors (Lipinski definition) is 1. The number of nitro groups is 1. The molecule has 0 spiro atoms. The molecule has 1 aromatic carbocycles. The summed E-state index contributed by atoms with van der Waals surface area (Å²) >= 11 is 0. The quantitative estimate of drug-likeness (QED) is 0.465. The fourth-order valence-corrected chi connectivity index (χ4v) is 2.06. The lowest BCUT2D eigenvalue weighted by atomic mass is 10.2. The van der Waals surface area contributed by atoms with E-state index in [9.17, 15) is 14.9 Å². The summed E-state index contributed by atoms with van der Waals surface area (Å²) in [4.78, 5) is 26.2. The lowest BCUT2D eigenvalue weighted by Gasteiger charge is -2.10. The van der Waals surface area contributed by atoms with E-state index in [1.165, 1.54) is 13.3 Å². The van der Waals surface area contributed by atoms with E-state index in [1.807, 2.05) is 32.0 Å². The Balaban J connectivity index is 2.26. The number of benzene rings is 1. The molecule has 0 radical (unpaired) electrons. The van der Waals surface area contributed by atoms with Crippen molar-refractivity contribution in [3.05, 3.63) is 57.8 Å². The van der Waals surface area contributed by atoms with Gasteiger partial charge in [0.15, 0.2) is 0 Å². The van der Waals surface area contributed by atoms with Crippen molar-refractivity contribution in [1.82, 2.24) is 4.98 Å². The van der Waals surface area contributed by atoms with Crippen molar-refractivity contribution < 1.29 is 19.2 Å². The van der Waals surface area contributed by atoms with E-state index in [-0.39, 0.29) is 23.2 Å². The van der Waals surface area contributed by atoms with Gasteiger partial charge in [-0.25, -0.2) is 9.78 Å². The molecule has 2 aromatic rings. The van der Waals surface area contributed by atoms with Gasteiger partial charge in [0.2, 0.25) is 5.82 Å². The average molecular weight is 345 g/mol. The molecule has 1 N–H and O–H groups in total. The number of methoxy groups -OCH3 is 1. The summed E-state index contributed by atoms with van der Waals surface area (Å²) in [6, 6.07) is 8.43. The number of aromatic nitrogens is 1. The molecule has 0 aliphatic heterocycles. The minimum absolute atomic E-state index is 0.0128. The highest BCUT2D eigenvalue weighted by atomic mass is 16.6. The summed E-state index contributed by atoms with van der Waals surface area (Å²) in [5.41, 5.74) is 1.25. The molecule has 0 saturated heterocycles. The van der Waals surface area contributed by atoms with Crippen LogP contribution >= 0.6 is 0 Å². The third-order valence-corrected chi connectivity index (χ3v) is 3.26. The largest absolute Gasteiger partial charge is 0.465 e. The molecule has 0 bridgehead atoms. The van der Waals surface area contributed by atoms with Crippen LogP contribution in [0.1, 0.15) is 29.8 Å². The Labute approximate surface area is 144 Å². The zero-order valence-electron chi connectivity index (χ0n) is 14.2. The van der Waals surface area contributed by atoms with Crippen LogP contribution in [0.5, 0.6) is 0 Å². The van der Waals surface area contributed by atoms with E-state index in [0.717, 1.165) is 11.6 Å². The number of carbonyl (C=O) groups excluding carboxylic acids is 1. The Morgan fingerprint density at radius 3 is 2.76 bits per heavy atom. The second kappa shape index (κ2) is 8.20. The first kappa shape index (κ1) is 18.3. The van der Waals surface area contributed by atoms with Gasteiger partial charge >= 0.3 is 11.7 Å². The molecule has 2 rings (SSSR count). The zero-order valence-corrected chi connectivity index (χ0v) is 14.2. The molecule has 0 amide bonds. The number of carbonyl (C=O) groups is 1. The smallest absolute Gasteiger partial charge is 0.339 e. The van der Waals surface area contributed by atoms with Gasteiger partial charge in [0.25, 0.3) is 0 Å². The summed E-state index contributed by atoms with van der Waals surface area (Å²) in [5, 5.41) is 14.2. The molecule has 8 nitrogen and oxygen atoms in total. The number of hydrogen-bond acceptors (Lipinski definition) is 7. The van der Waals surface area contributed by atoms with Gasteiger partial charge < -0.3 is 14.8 Å². The summed E-state index contributed by atoms with van der Waals surface area (Å²) in [5.74, 6) is -0.644. The van der Waals surface area contributed by atoms with E-state index < -0.39 is 10.9 Å². The second-order valence-electron chi connectivity index (χ2n) is 5.53. The maximum Gasteiger partial charge on any atom is 0.339 e. The summed E-state index contributed by atoms with van der Waals surface area (Å²) < 4.78 is 10.1. The molecule has 1 heterocycles. The second-order valence-corrected chi connectivity index (χ2v) is 5.53. The Kier molecular flexibility index (Phi) is 6.02. The van der Waals surface area contributed by atoms with Gasteiger partial charge in [-0.3, -0.25) is 10.1 Å². The van der Waals surface area contributed by atoms with Gasteiger partial charge in [0.1, 0.15) is 0 Å². The van der Waals surface area contributed by atoms with Crippen molar-refractivity contribution in [3.8, 4) is 0 Å². The van der Waals surface area contributed by atoms with Crippen molar-refractivity contribution >= 4 is 23.2 Å². The molecule has 8 heteroatoms. The molecule has 1 aromatic heterocycles. The predicted octanol–water partition coefficient (Wildman–Crippen LogP) is 3.45. The number of anilines is 2. The lowest BCUT2D eigenvalue weighted by Crippen LogP contribution is -2.06. The van der Waals surface area contributed by atoms with E-state index in [4.69, 9.17) is 4.74 Å². The van der Waals surface area contributed by atoms with E-state index >= 15 is 0 Å². The standard InChI is InChI=1S/C17H19N3O5/c1-11(2)25-10-12-5-4-6-14(7-12)19-16-15(20(22)23)8-13(9-18-16)17(21)24-3/h4-9,11H,10H2,1-3H3,(H,18,19). The Morgan fingerprint density at radius 1 is 1.36 bits per heavy atom. The van der Waals surface area contributed by atoms with Crippen LogP contribution in [0.25, 0.3) is 0 Å². The maximum atomic E-state index is 11.5. The molecule has 0 atom stereocenters. The van der Waals surface area contributed by atoms with Gasteiger partial charge in [-0.15, -0.1) is 0 Å². The number of esters is 1. The third kappa shape index (κ3) is 4.98. The van der Waals surface area contributed by atoms with Crippen LogP contribution in [0.2, 0.25) is 0 Å². The van der Waals surface area contributed by atoms with Crippen LogP contribution in [0.4, 0.5) is 17.2 Å². The summed E-state index contributed by atoms with van der Waals surface area (Å²) in [6.07, 6.45) is 1.33. The van der Waals surface area contributed by atoms with E-state index in [0.29, 0.717) is 12.3 Å². The highest BCUT2D eigenvalue weighted by Crippen LogP contribution is 2.27. The van der Waals surface area contributed by atoms with Gasteiger partial charge in [-0.1, -0.05) is 12.1 Å². The van der Waals surface area contributed by atoms with Crippen molar-refractivity contribution in [1.29, 1.82) is 0 Å². The molecule has 132 valence electrons.